The van der Waals surface area contributed by atoms with Gasteiger partial charge in [-0.2, -0.15) is 0 Å². The molecule has 2 N–H and O–H groups in total. The molecular formula is C17H16O8. The van der Waals surface area contributed by atoms with Crippen molar-refractivity contribution in [2.75, 3.05) is 28.4 Å². The minimum absolute atomic E-state index is 0.0391. The van der Waals surface area contributed by atoms with Crippen LogP contribution in [0.15, 0.2) is 21.3 Å². The Hall–Kier alpha value is -3.29. The highest BCUT2D eigenvalue weighted by Gasteiger charge is 2.27. The quantitative estimate of drug-likeness (QED) is 0.692. The first-order valence-electron chi connectivity index (χ1n) is 7.16. The van der Waals surface area contributed by atoms with Gasteiger partial charge in [0.15, 0.2) is 11.3 Å². The van der Waals surface area contributed by atoms with Crippen molar-refractivity contribution < 1.29 is 33.6 Å². The van der Waals surface area contributed by atoms with Crippen molar-refractivity contribution >= 4 is 21.9 Å². The van der Waals surface area contributed by atoms with Gasteiger partial charge in [0.2, 0.25) is 22.7 Å². The van der Waals surface area contributed by atoms with Crippen molar-refractivity contribution in [1.82, 2.24) is 0 Å². The van der Waals surface area contributed by atoms with Crippen LogP contribution in [0.1, 0.15) is 0 Å². The average Bonchev–Trinajstić information content (AvgIpc) is 2.60. The minimum Gasteiger partial charge on any atom is -0.507 e. The zero-order chi connectivity index (χ0) is 18.3. The first-order valence-corrected chi connectivity index (χ1v) is 7.16. The topological polar surface area (TPSA) is 108 Å². The fourth-order valence-electron chi connectivity index (χ4n) is 2.75. The molecule has 8 nitrogen and oxygen atoms in total. The van der Waals surface area contributed by atoms with Gasteiger partial charge in [-0.25, -0.2) is 0 Å². The maximum atomic E-state index is 12.9. The van der Waals surface area contributed by atoms with Gasteiger partial charge in [-0.1, -0.05) is 0 Å². The Labute approximate surface area is 141 Å². The van der Waals surface area contributed by atoms with E-state index in [1.54, 1.807) is 0 Å². The summed E-state index contributed by atoms with van der Waals surface area (Å²) >= 11 is 0. The van der Waals surface area contributed by atoms with Crippen LogP contribution in [0.4, 0.5) is 0 Å². The summed E-state index contributed by atoms with van der Waals surface area (Å²) in [6.07, 6.45) is 0. The van der Waals surface area contributed by atoms with Crippen LogP contribution in [-0.2, 0) is 0 Å². The van der Waals surface area contributed by atoms with Crippen LogP contribution >= 0.6 is 0 Å². The van der Waals surface area contributed by atoms with Crippen LogP contribution < -0.4 is 24.4 Å². The monoisotopic (exact) mass is 348 g/mol. The van der Waals surface area contributed by atoms with Crippen LogP contribution in [0.3, 0.4) is 0 Å². The highest BCUT2D eigenvalue weighted by Crippen LogP contribution is 2.50. The van der Waals surface area contributed by atoms with Crippen molar-refractivity contribution in [2.45, 2.75) is 0 Å². The van der Waals surface area contributed by atoms with E-state index >= 15 is 0 Å². The van der Waals surface area contributed by atoms with E-state index in [1.165, 1.54) is 40.6 Å². The number of phenolic OH excluding ortho intramolecular Hbond substituents is 2. The summed E-state index contributed by atoms with van der Waals surface area (Å²) in [6.45, 7) is 0. The van der Waals surface area contributed by atoms with E-state index in [0.717, 1.165) is 0 Å². The van der Waals surface area contributed by atoms with Gasteiger partial charge in [-0.15, -0.1) is 0 Å². The molecule has 0 radical (unpaired) electrons. The fourth-order valence-corrected chi connectivity index (χ4v) is 2.75. The molecule has 8 heteroatoms. The molecule has 0 amide bonds. The molecule has 0 saturated carbocycles. The van der Waals surface area contributed by atoms with E-state index in [0.29, 0.717) is 5.75 Å². The van der Waals surface area contributed by atoms with E-state index in [1.807, 2.05) is 0 Å². The Morgan fingerprint density at radius 1 is 0.840 bits per heavy atom. The molecular weight excluding hydrogens is 332 g/mol. The zero-order valence-electron chi connectivity index (χ0n) is 14.0. The number of fused-ring (bicyclic) bond motifs is 2. The summed E-state index contributed by atoms with van der Waals surface area (Å²) < 4.78 is 26.5. The molecule has 0 aliphatic rings. The first kappa shape index (κ1) is 16.6. The number of ether oxygens (including phenoxy) is 4. The second kappa shape index (κ2) is 5.97. The highest BCUT2D eigenvalue weighted by molar-refractivity contribution is 6.01. The Kier molecular flexibility index (Phi) is 3.96. The number of rotatable bonds is 4. The first-order chi connectivity index (χ1) is 12.0. The lowest BCUT2D eigenvalue weighted by atomic mass is 10.1. The van der Waals surface area contributed by atoms with Gasteiger partial charge in [-0.3, -0.25) is 4.79 Å². The molecule has 0 unspecified atom stereocenters. The van der Waals surface area contributed by atoms with E-state index in [4.69, 9.17) is 23.4 Å². The van der Waals surface area contributed by atoms with E-state index in [9.17, 15) is 15.0 Å². The molecule has 3 rings (SSSR count). The number of aromatic hydroxyl groups is 2. The molecule has 0 atom stereocenters. The molecule has 0 aliphatic carbocycles. The third-order valence-electron chi connectivity index (χ3n) is 3.87. The molecule has 0 aliphatic heterocycles. The lowest BCUT2D eigenvalue weighted by Crippen LogP contribution is -2.06. The summed E-state index contributed by atoms with van der Waals surface area (Å²) in [5, 5.41) is 20.4. The Morgan fingerprint density at radius 3 is 2.04 bits per heavy atom. The smallest absolute Gasteiger partial charge is 0.211 e. The summed E-state index contributed by atoms with van der Waals surface area (Å²) in [4.78, 5) is 12.9. The van der Waals surface area contributed by atoms with Crippen molar-refractivity contribution in [3.8, 4) is 34.5 Å². The van der Waals surface area contributed by atoms with Crippen molar-refractivity contribution in [3.63, 3.8) is 0 Å². The molecule has 2 aromatic carbocycles. The fraction of sp³-hybridized carbons (Fsp3) is 0.235. The summed E-state index contributed by atoms with van der Waals surface area (Å²) in [7, 11) is 5.45. The normalized spacial score (nSPS) is 10.9. The summed E-state index contributed by atoms with van der Waals surface area (Å²) in [5.41, 5.74) is -0.616. The number of hydrogen-bond acceptors (Lipinski definition) is 8. The number of benzene rings is 2. The van der Waals surface area contributed by atoms with E-state index in [2.05, 4.69) is 0 Å². The van der Waals surface area contributed by atoms with E-state index < -0.39 is 11.2 Å². The van der Waals surface area contributed by atoms with Crippen molar-refractivity contribution in [3.05, 3.63) is 22.4 Å². The zero-order valence-corrected chi connectivity index (χ0v) is 14.0. The third kappa shape index (κ3) is 2.25. The number of methoxy groups -OCH3 is 4. The molecule has 1 heterocycles. The van der Waals surface area contributed by atoms with Crippen LogP contribution in [0.2, 0.25) is 0 Å². The molecule has 0 spiro atoms. The highest BCUT2D eigenvalue weighted by atomic mass is 16.5. The Bertz CT molecular complexity index is 1030. The maximum Gasteiger partial charge on any atom is 0.211 e. The SMILES string of the molecule is COc1cc(O)c2c(=O)c3c(O)c(OC)c(OC)c(OC)c3oc2c1. The van der Waals surface area contributed by atoms with Crippen LogP contribution in [-0.4, -0.2) is 38.7 Å². The van der Waals surface area contributed by atoms with Gasteiger partial charge in [0.05, 0.1) is 28.4 Å². The third-order valence-corrected chi connectivity index (χ3v) is 3.87. The van der Waals surface area contributed by atoms with Gasteiger partial charge >= 0.3 is 0 Å². The van der Waals surface area contributed by atoms with Gasteiger partial charge < -0.3 is 33.6 Å². The largest absolute Gasteiger partial charge is 0.507 e. The molecule has 1 aromatic heterocycles. The van der Waals surface area contributed by atoms with Gasteiger partial charge in [-0.05, 0) is 0 Å². The van der Waals surface area contributed by atoms with Crippen LogP contribution in [0.25, 0.3) is 21.9 Å². The average molecular weight is 348 g/mol. The Morgan fingerprint density at radius 2 is 1.48 bits per heavy atom. The minimum atomic E-state index is -0.645. The summed E-state index contributed by atoms with van der Waals surface area (Å²) in [6, 6.07) is 2.73. The predicted molar refractivity (Wildman–Crippen MR) is 89.5 cm³/mol. The Balaban J connectivity index is 2.62. The molecule has 0 bridgehead atoms. The molecule has 3 aromatic rings. The molecule has 0 fully saturated rings. The second-order valence-electron chi connectivity index (χ2n) is 5.10. The molecule has 132 valence electrons. The van der Waals surface area contributed by atoms with Crippen LogP contribution in [0.5, 0.6) is 34.5 Å². The van der Waals surface area contributed by atoms with Crippen molar-refractivity contribution in [2.24, 2.45) is 0 Å². The van der Waals surface area contributed by atoms with Crippen molar-refractivity contribution in [1.29, 1.82) is 0 Å². The number of phenols is 2. The van der Waals surface area contributed by atoms with Gasteiger partial charge in [0, 0.05) is 12.1 Å². The molecule has 25 heavy (non-hydrogen) atoms. The standard InChI is InChI=1S/C17H16O8/c1-21-7-5-8(18)10-9(6-7)25-14-11(12(10)19)13(20)15(22-2)17(24-4)16(14)23-3/h5-6,18,20H,1-4H3. The lowest BCUT2D eigenvalue weighted by molar-refractivity contribution is 0.311. The van der Waals surface area contributed by atoms with Gasteiger partial charge in [0.25, 0.3) is 0 Å². The maximum absolute atomic E-state index is 12.9. The van der Waals surface area contributed by atoms with Crippen LogP contribution in [0, 0.1) is 0 Å². The van der Waals surface area contributed by atoms with E-state index in [-0.39, 0.29) is 44.9 Å². The predicted octanol–water partition coefficient (Wildman–Crippen LogP) is 2.39. The summed E-state index contributed by atoms with van der Waals surface area (Å²) in [5.74, 6) is -0.431. The number of hydrogen-bond donors (Lipinski definition) is 2. The van der Waals surface area contributed by atoms with Gasteiger partial charge in [0.1, 0.15) is 27.9 Å². The second-order valence-corrected chi connectivity index (χ2v) is 5.10. The molecule has 0 saturated heterocycles. The lowest BCUT2D eigenvalue weighted by Gasteiger charge is -2.16.